The second-order valence-corrected chi connectivity index (χ2v) is 11.3. The monoisotopic (exact) mass is 322 g/mol. The zero-order valence-corrected chi connectivity index (χ0v) is 13.8. The molecule has 6 heteroatoms. The van der Waals surface area contributed by atoms with Crippen LogP contribution in [0.4, 0.5) is 0 Å². The van der Waals surface area contributed by atoms with Crippen molar-refractivity contribution in [2.24, 2.45) is 0 Å². The molecular weight excluding hydrogens is 313 g/mol. The number of benzene rings is 1. The van der Waals surface area contributed by atoms with Gasteiger partial charge in [-0.2, -0.15) is 0 Å². The van der Waals surface area contributed by atoms with E-state index >= 15 is 0 Å². The molecule has 16 heavy (non-hydrogen) atoms. The molecule has 0 nitrogen and oxygen atoms in total. The zero-order valence-electron chi connectivity index (χ0n) is 8.86. The van der Waals surface area contributed by atoms with Gasteiger partial charge in [0, 0.05) is 20.9 Å². The van der Waals surface area contributed by atoms with Crippen molar-refractivity contribution in [3.8, 4) is 0 Å². The fraction of sp³-hybridized carbons (Fsp3) is 0.400. The van der Waals surface area contributed by atoms with E-state index in [1.165, 1.54) is 0 Å². The Kier molecular flexibility index (Phi) is 3.67. The normalized spacial score (nSPS) is 14.6. The molecule has 0 unspecified atom stereocenters. The van der Waals surface area contributed by atoms with Crippen LogP contribution in [-0.4, -0.2) is 0 Å². The highest BCUT2D eigenvalue weighted by molar-refractivity contribution is 9.10. The van der Waals surface area contributed by atoms with E-state index in [4.69, 9.17) is 0 Å². The average molecular weight is 323 g/mol. The Morgan fingerprint density at radius 3 is 1.81 bits per heavy atom. The molecule has 0 saturated carbocycles. The fourth-order valence-corrected chi connectivity index (χ4v) is 12.0. The summed E-state index contributed by atoms with van der Waals surface area (Å²) in [6.45, 7) is 4.56. The quantitative estimate of drug-likeness (QED) is 0.459. The van der Waals surface area contributed by atoms with Crippen LogP contribution in [0.25, 0.3) is 9.40 Å². The highest BCUT2D eigenvalue weighted by atomic mass is 33.5. The summed E-state index contributed by atoms with van der Waals surface area (Å²) in [4.78, 5) is 3.12. The lowest BCUT2D eigenvalue weighted by Crippen LogP contribution is -1.92. The molecule has 84 valence electrons. The summed E-state index contributed by atoms with van der Waals surface area (Å²) < 4.78 is 3.12. The van der Waals surface area contributed by atoms with Gasteiger partial charge in [0.2, 0.25) is 0 Å². The average Bonchev–Trinajstić information content (AvgIpc) is 2.93. The highest BCUT2D eigenvalue weighted by Gasteiger charge is 2.35. The molecule has 1 aliphatic heterocycles. The maximum Gasteiger partial charge on any atom is 0.458 e. The second kappa shape index (κ2) is 4.90. The van der Waals surface area contributed by atoms with Crippen LogP contribution in [-0.2, 0) is 12.8 Å². The van der Waals surface area contributed by atoms with E-state index < -0.39 is 0 Å². The summed E-state index contributed by atoms with van der Waals surface area (Å²) in [6, 6.07) is 0. The first-order chi connectivity index (χ1) is 7.86. The Morgan fingerprint density at radius 2 is 1.38 bits per heavy atom. The van der Waals surface area contributed by atoms with Crippen molar-refractivity contribution in [3.63, 3.8) is 0 Å². The first-order valence-electron chi connectivity index (χ1n) is 5.10. The van der Waals surface area contributed by atoms with Crippen molar-refractivity contribution in [2.75, 3.05) is 0 Å². The Morgan fingerprint density at radius 1 is 0.875 bits per heavy atom. The van der Waals surface area contributed by atoms with E-state index in [1.54, 1.807) is 30.3 Å². The third kappa shape index (κ3) is 1.73. The van der Waals surface area contributed by atoms with Crippen LogP contribution < -0.4 is 0 Å². The maximum atomic E-state index is 2.28. The minimum absolute atomic E-state index is 1.16. The predicted molar refractivity (Wildman–Crippen MR) is 84.5 cm³/mol. The van der Waals surface area contributed by atoms with E-state index in [9.17, 15) is 0 Å². The van der Waals surface area contributed by atoms with Crippen molar-refractivity contribution in [2.45, 2.75) is 36.5 Å². The lowest BCUT2D eigenvalue weighted by atomic mass is 10.1. The Labute approximate surface area is 117 Å². The maximum absolute atomic E-state index is 2.28. The first-order valence-corrected chi connectivity index (χ1v) is 12.1. The van der Waals surface area contributed by atoms with Gasteiger partial charge in [-0.25, -0.2) is 0 Å². The third-order valence-corrected chi connectivity index (χ3v) is 11.0. The van der Waals surface area contributed by atoms with Crippen LogP contribution in [0.5, 0.6) is 0 Å². The largest absolute Gasteiger partial charge is 0.458 e. The summed E-state index contributed by atoms with van der Waals surface area (Å²) in [5.41, 5.74) is 3.18. The summed E-state index contributed by atoms with van der Waals surface area (Å²) in [7, 11) is 11.7. The van der Waals surface area contributed by atoms with Gasteiger partial charge in [0.1, 0.15) is 0 Å². The number of rotatable bonds is 2. The van der Waals surface area contributed by atoms with Crippen molar-refractivity contribution >= 4 is 70.8 Å². The molecular formula is C10H10S6+2. The molecule has 2 aromatic rings. The molecule has 3 rings (SSSR count). The van der Waals surface area contributed by atoms with Crippen molar-refractivity contribution in [1.29, 1.82) is 0 Å². The summed E-state index contributed by atoms with van der Waals surface area (Å²) in [6.07, 6.45) is 2.33. The topological polar surface area (TPSA) is 0 Å². The van der Waals surface area contributed by atoms with Gasteiger partial charge in [-0.3, -0.25) is 0 Å². The van der Waals surface area contributed by atoms with Gasteiger partial charge in [0.05, 0.1) is 0 Å². The molecule has 0 fully saturated rings. The van der Waals surface area contributed by atoms with Gasteiger partial charge in [-0.05, 0) is 44.3 Å². The van der Waals surface area contributed by atoms with Gasteiger partial charge in [0.25, 0.3) is 0 Å². The number of fused-ring (bicyclic) bond motifs is 2. The molecule has 0 amide bonds. The highest BCUT2D eigenvalue weighted by Crippen LogP contribution is 2.60. The SMILES string of the molecule is CCc1c2c(c(CC)c3[s+]s[s+]c13)SSS2. The summed E-state index contributed by atoms with van der Waals surface area (Å²) >= 11 is 0. The molecule has 0 aliphatic carbocycles. The van der Waals surface area contributed by atoms with Gasteiger partial charge in [0.15, 0.2) is 0 Å². The molecule has 1 aromatic carbocycles. The van der Waals surface area contributed by atoms with Crippen molar-refractivity contribution < 1.29 is 0 Å². The van der Waals surface area contributed by atoms with Crippen LogP contribution in [0.3, 0.4) is 0 Å². The predicted octanol–water partition coefficient (Wildman–Crippen LogP) is 6.47. The summed E-state index contributed by atoms with van der Waals surface area (Å²) in [5.74, 6) is 0. The van der Waals surface area contributed by atoms with Gasteiger partial charge in [-0.1, -0.05) is 13.8 Å². The van der Waals surface area contributed by atoms with E-state index in [2.05, 4.69) is 13.8 Å². The smallest absolute Gasteiger partial charge is 0.0610 e. The number of hydrogen-bond acceptors (Lipinski definition) is 4. The van der Waals surface area contributed by atoms with Gasteiger partial charge < -0.3 is 0 Å². The molecule has 1 aromatic heterocycles. The van der Waals surface area contributed by atoms with Crippen molar-refractivity contribution in [3.05, 3.63) is 11.1 Å². The van der Waals surface area contributed by atoms with Gasteiger partial charge in [-0.15, -0.1) is 0 Å². The zero-order chi connectivity index (χ0) is 11.1. The molecule has 2 heterocycles. The third-order valence-electron chi connectivity index (χ3n) is 2.69. The van der Waals surface area contributed by atoms with Crippen LogP contribution in [0.15, 0.2) is 9.79 Å². The number of hydrogen-bond donors (Lipinski definition) is 0. The van der Waals surface area contributed by atoms with Gasteiger partial charge >= 0.3 is 39.4 Å². The minimum Gasteiger partial charge on any atom is -0.0610 e. The summed E-state index contributed by atoms with van der Waals surface area (Å²) in [5, 5.41) is 0. The Bertz CT molecular complexity index is 498. The minimum atomic E-state index is 1.16. The second-order valence-electron chi connectivity index (χ2n) is 3.45. The van der Waals surface area contributed by atoms with Crippen molar-refractivity contribution in [1.82, 2.24) is 0 Å². The van der Waals surface area contributed by atoms with Crippen LogP contribution >= 0.6 is 61.4 Å². The molecule has 0 bridgehead atoms. The molecule has 1 aliphatic rings. The van der Waals surface area contributed by atoms with Crippen LogP contribution in [0.1, 0.15) is 25.0 Å². The van der Waals surface area contributed by atoms with E-state index in [0.29, 0.717) is 0 Å². The first kappa shape index (κ1) is 12.0. The Hall–Kier alpha value is 0.930. The lowest BCUT2D eigenvalue weighted by Gasteiger charge is -2.03. The van der Waals surface area contributed by atoms with E-state index in [0.717, 1.165) is 12.8 Å². The molecule has 0 atom stereocenters. The Balaban J connectivity index is 2.43. The molecule has 0 spiro atoms. The number of aryl methyl sites for hydroxylation is 2. The van der Waals surface area contributed by atoms with Crippen LogP contribution in [0, 0.1) is 0 Å². The molecule has 0 saturated heterocycles. The van der Waals surface area contributed by atoms with E-state index in [1.807, 2.05) is 61.4 Å². The standard InChI is InChI=1S/C10H10S6/c1-3-5-7-9(13-15-11-7)6(4-2)10-8(5)12-16-14-10/h3-4H2,1-2H3/q+2. The lowest BCUT2D eigenvalue weighted by molar-refractivity contribution is 1.02. The van der Waals surface area contributed by atoms with E-state index in [-0.39, 0.29) is 0 Å². The molecule has 0 N–H and O–H groups in total. The fourth-order valence-electron chi connectivity index (χ4n) is 1.92. The molecule has 0 radical (unpaired) electrons. The van der Waals surface area contributed by atoms with Crippen LogP contribution in [0.2, 0.25) is 0 Å².